The molecule has 0 unspecified atom stereocenters. The second-order valence-electron chi connectivity index (χ2n) is 5.56. The van der Waals surface area contributed by atoms with Gasteiger partial charge in [-0.1, -0.05) is 64.5 Å². The minimum absolute atomic E-state index is 0.150. The maximum absolute atomic E-state index is 4.26. The number of fused-ring (bicyclic) bond motifs is 1. The molecule has 0 aliphatic heterocycles. The van der Waals surface area contributed by atoms with Crippen molar-refractivity contribution >= 4 is 36.1 Å². The third kappa shape index (κ3) is 2.84. The second-order valence-corrected chi connectivity index (χ2v) is 6.64. The minimum Gasteiger partial charge on any atom is -0.136 e. The summed E-state index contributed by atoms with van der Waals surface area (Å²) in [6.45, 7) is 10.9. The van der Waals surface area contributed by atoms with Crippen LogP contribution in [0.5, 0.6) is 0 Å². The molecule has 0 amide bonds. The van der Waals surface area contributed by atoms with Crippen LogP contribution in [0.2, 0.25) is 0 Å². The van der Waals surface area contributed by atoms with Gasteiger partial charge in [-0.3, -0.25) is 0 Å². The van der Waals surface area contributed by atoms with E-state index in [-0.39, 0.29) is 5.41 Å². The van der Waals surface area contributed by atoms with Gasteiger partial charge in [0.15, 0.2) is 0 Å². The van der Waals surface area contributed by atoms with E-state index in [4.69, 9.17) is 0 Å². The van der Waals surface area contributed by atoms with Gasteiger partial charge in [-0.2, -0.15) is 0 Å². The highest BCUT2D eigenvalue weighted by Crippen LogP contribution is 2.27. The number of thiophene rings is 1. The molecule has 0 bridgehead atoms. The molecule has 1 heteroatoms. The first-order chi connectivity index (χ1) is 8.53. The molecule has 0 nitrogen and oxygen atoms in total. The van der Waals surface area contributed by atoms with E-state index in [1.165, 1.54) is 33.0 Å². The van der Waals surface area contributed by atoms with E-state index in [9.17, 15) is 0 Å². The average molecular weight is 258 g/mol. The molecule has 1 aromatic heterocycles. The number of hydrogen-bond acceptors (Lipinski definition) is 1. The largest absolute Gasteiger partial charge is 0.136 e. The van der Waals surface area contributed by atoms with Gasteiger partial charge in [-0.05, 0) is 23.3 Å². The van der Waals surface area contributed by atoms with Crippen molar-refractivity contribution in [3.05, 3.63) is 32.3 Å². The zero-order valence-corrected chi connectivity index (χ0v) is 12.4. The highest BCUT2D eigenvalue weighted by atomic mass is 32.1. The number of hydrogen-bond donors (Lipinski definition) is 0. The zero-order valence-electron chi connectivity index (χ0n) is 11.6. The quantitative estimate of drug-likeness (QED) is 0.713. The van der Waals surface area contributed by atoms with Crippen molar-refractivity contribution in [3.63, 3.8) is 0 Å². The van der Waals surface area contributed by atoms with Crippen molar-refractivity contribution in [2.24, 2.45) is 5.41 Å². The van der Waals surface area contributed by atoms with Crippen LogP contribution in [0.25, 0.3) is 24.8 Å². The van der Waals surface area contributed by atoms with E-state index < -0.39 is 0 Å². The van der Waals surface area contributed by atoms with E-state index in [0.29, 0.717) is 0 Å². The van der Waals surface area contributed by atoms with Crippen molar-refractivity contribution in [1.29, 1.82) is 0 Å². The predicted octanol–water partition coefficient (Wildman–Crippen LogP) is 4.20. The molecule has 1 aromatic rings. The zero-order chi connectivity index (χ0) is 13.2. The van der Waals surface area contributed by atoms with Crippen LogP contribution in [-0.2, 0) is 0 Å². The summed E-state index contributed by atoms with van der Waals surface area (Å²) < 4.78 is 1.35. The Morgan fingerprint density at radius 1 is 1.28 bits per heavy atom. The van der Waals surface area contributed by atoms with Crippen molar-refractivity contribution < 1.29 is 0 Å². The topological polar surface area (TPSA) is 0 Å². The third-order valence-electron chi connectivity index (χ3n) is 3.34. The van der Waals surface area contributed by atoms with E-state index in [1.807, 2.05) is 11.3 Å². The lowest BCUT2D eigenvalue weighted by atomic mass is 9.93. The summed E-state index contributed by atoms with van der Waals surface area (Å²) in [5.41, 5.74) is 1.46. The Labute approximate surface area is 114 Å². The Kier molecular flexibility index (Phi) is 3.91. The summed E-state index contributed by atoms with van der Waals surface area (Å²) in [7, 11) is 0. The van der Waals surface area contributed by atoms with Gasteiger partial charge >= 0.3 is 0 Å². The van der Waals surface area contributed by atoms with Crippen molar-refractivity contribution in [2.45, 2.75) is 40.0 Å². The van der Waals surface area contributed by atoms with Crippen LogP contribution in [0.1, 0.15) is 50.5 Å². The molecule has 2 rings (SSSR count). The molecule has 18 heavy (non-hydrogen) atoms. The highest BCUT2D eigenvalue weighted by Gasteiger charge is 2.14. The molecule has 1 aliphatic carbocycles. The standard InChI is InChI=1S/C17H22S/c1-5-6-7-8-15-13(2)14-9-11-17(3,4)12-10-16(14)18-15/h8-12H,2,5-7H2,1,3-4H3/b15-8+. The van der Waals surface area contributed by atoms with Gasteiger partial charge in [0.25, 0.3) is 0 Å². The SMILES string of the molecule is C=c1c2c(s/c1=C/CCCC)C=CC(C)(C)C=C2. The van der Waals surface area contributed by atoms with Crippen LogP contribution in [0.3, 0.4) is 0 Å². The van der Waals surface area contributed by atoms with Gasteiger partial charge in [0.05, 0.1) is 0 Å². The molecule has 1 aliphatic rings. The Bertz CT molecular complexity index is 582. The Morgan fingerprint density at radius 2 is 2.00 bits per heavy atom. The summed E-state index contributed by atoms with van der Waals surface area (Å²) in [5, 5.41) is 1.20. The molecular weight excluding hydrogens is 236 g/mol. The normalized spacial score (nSPS) is 17.8. The van der Waals surface area contributed by atoms with Crippen LogP contribution in [0.4, 0.5) is 0 Å². The van der Waals surface area contributed by atoms with E-state index in [0.717, 1.165) is 6.42 Å². The fourth-order valence-electron chi connectivity index (χ4n) is 2.07. The lowest BCUT2D eigenvalue weighted by Gasteiger charge is -2.12. The molecule has 1 heterocycles. The molecule has 0 N–H and O–H groups in total. The average Bonchev–Trinajstić information content (AvgIpc) is 2.52. The summed E-state index contributed by atoms with van der Waals surface area (Å²) in [6, 6.07) is 0. The van der Waals surface area contributed by atoms with Gasteiger partial charge in [0, 0.05) is 14.8 Å². The van der Waals surface area contributed by atoms with Gasteiger partial charge in [-0.25, -0.2) is 0 Å². The number of unbranched alkanes of at least 4 members (excludes halogenated alkanes) is 2. The number of allylic oxidation sites excluding steroid dienone is 2. The molecule has 0 atom stereocenters. The molecule has 0 saturated heterocycles. The molecular formula is C17H22S. The smallest absolute Gasteiger partial charge is 0.0352 e. The lowest BCUT2D eigenvalue weighted by Crippen LogP contribution is -2.18. The fourth-order valence-corrected chi connectivity index (χ4v) is 3.18. The third-order valence-corrected chi connectivity index (χ3v) is 4.55. The van der Waals surface area contributed by atoms with Crippen molar-refractivity contribution in [3.8, 4) is 0 Å². The maximum Gasteiger partial charge on any atom is 0.0352 e. The first kappa shape index (κ1) is 13.4. The Balaban J connectivity index is 2.42. The summed E-state index contributed by atoms with van der Waals surface area (Å²) in [4.78, 5) is 1.35. The summed E-state index contributed by atoms with van der Waals surface area (Å²) in [5.74, 6) is 0. The maximum atomic E-state index is 4.26. The summed E-state index contributed by atoms with van der Waals surface area (Å²) >= 11 is 1.87. The van der Waals surface area contributed by atoms with E-state index in [1.54, 1.807) is 0 Å². The first-order valence-electron chi connectivity index (χ1n) is 6.74. The second kappa shape index (κ2) is 5.27. The molecule has 96 valence electrons. The fraction of sp³-hybridized carbons (Fsp3) is 0.412. The van der Waals surface area contributed by atoms with Gasteiger partial charge in [-0.15, -0.1) is 11.3 Å². The van der Waals surface area contributed by atoms with Crippen molar-refractivity contribution in [1.82, 2.24) is 0 Å². The summed E-state index contributed by atoms with van der Waals surface area (Å²) in [6.07, 6.45) is 15.1. The van der Waals surface area contributed by atoms with Gasteiger partial charge in [0.2, 0.25) is 0 Å². The minimum atomic E-state index is 0.150. The molecule has 0 radical (unpaired) electrons. The van der Waals surface area contributed by atoms with Crippen LogP contribution in [0, 0.1) is 5.41 Å². The molecule has 0 saturated carbocycles. The van der Waals surface area contributed by atoms with Crippen LogP contribution in [-0.4, -0.2) is 0 Å². The van der Waals surface area contributed by atoms with Crippen LogP contribution in [0.15, 0.2) is 12.2 Å². The Morgan fingerprint density at radius 3 is 2.72 bits per heavy atom. The van der Waals surface area contributed by atoms with Gasteiger partial charge in [0.1, 0.15) is 0 Å². The van der Waals surface area contributed by atoms with Crippen LogP contribution >= 0.6 is 11.3 Å². The molecule has 0 aromatic carbocycles. The highest BCUT2D eigenvalue weighted by molar-refractivity contribution is 7.11. The molecule has 0 fully saturated rings. The Hall–Kier alpha value is -1.08. The predicted molar refractivity (Wildman–Crippen MR) is 84.9 cm³/mol. The lowest BCUT2D eigenvalue weighted by molar-refractivity contribution is 0.633. The monoisotopic (exact) mass is 258 g/mol. The van der Waals surface area contributed by atoms with Gasteiger partial charge < -0.3 is 0 Å². The number of rotatable bonds is 3. The van der Waals surface area contributed by atoms with Crippen molar-refractivity contribution in [2.75, 3.05) is 0 Å². The molecule has 0 spiro atoms. The van der Waals surface area contributed by atoms with E-state index in [2.05, 4.69) is 57.7 Å². The van der Waals surface area contributed by atoms with E-state index >= 15 is 0 Å². The van der Waals surface area contributed by atoms with Crippen LogP contribution < -0.4 is 9.75 Å². The first-order valence-corrected chi connectivity index (χ1v) is 7.55.